The zero-order valence-electron chi connectivity index (χ0n) is 9.78. The normalized spacial score (nSPS) is 11.7. The van der Waals surface area contributed by atoms with E-state index in [1.54, 1.807) is 11.3 Å². The molecule has 2 rings (SSSR count). The van der Waals surface area contributed by atoms with Gasteiger partial charge in [-0.2, -0.15) is 0 Å². The first kappa shape index (κ1) is 15.0. The third-order valence-electron chi connectivity index (χ3n) is 2.36. The van der Waals surface area contributed by atoms with Gasteiger partial charge < -0.3 is 15.6 Å². The fraction of sp³-hybridized carbons (Fsp3) is 0.231. The fourth-order valence-corrected chi connectivity index (χ4v) is 2.38. The van der Waals surface area contributed by atoms with Crippen LogP contribution in [0.1, 0.15) is 4.88 Å². The summed E-state index contributed by atoms with van der Waals surface area (Å²) in [5.74, 6) is 1.63. The number of nitrogens with two attached hydrogens (primary N) is 1. The molecule has 18 heavy (non-hydrogen) atoms. The van der Waals surface area contributed by atoms with E-state index >= 15 is 0 Å². The zero-order chi connectivity index (χ0) is 12.1. The lowest BCUT2D eigenvalue weighted by Crippen LogP contribution is -2.26. The molecule has 1 aromatic heterocycles. The van der Waals surface area contributed by atoms with Crippen molar-refractivity contribution in [2.75, 3.05) is 6.61 Å². The topological polar surface area (TPSA) is 55.5 Å². The second-order valence-electron chi connectivity index (χ2n) is 3.77. The van der Waals surface area contributed by atoms with E-state index < -0.39 is 0 Å². The van der Waals surface area contributed by atoms with Crippen molar-refractivity contribution >= 4 is 23.7 Å². The SMILES string of the molecule is Cl.NC(CO)Cc1sccc1Oc1ccccc1. The smallest absolute Gasteiger partial charge is 0.141 e. The van der Waals surface area contributed by atoms with Gasteiger partial charge in [-0.25, -0.2) is 0 Å². The van der Waals surface area contributed by atoms with Crippen LogP contribution in [0.5, 0.6) is 11.5 Å². The van der Waals surface area contributed by atoms with Crippen LogP contribution in [0.3, 0.4) is 0 Å². The first-order valence-corrected chi connectivity index (χ1v) is 6.33. The number of para-hydroxylation sites is 1. The highest BCUT2D eigenvalue weighted by Gasteiger charge is 2.10. The number of rotatable bonds is 5. The van der Waals surface area contributed by atoms with Gasteiger partial charge in [0, 0.05) is 17.3 Å². The van der Waals surface area contributed by atoms with Gasteiger partial charge in [-0.1, -0.05) is 18.2 Å². The summed E-state index contributed by atoms with van der Waals surface area (Å²) in [4.78, 5) is 1.07. The van der Waals surface area contributed by atoms with Crippen LogP contribution < -0.4 is 10.5 Å². The molecule has 0 radical (unpaired) electrons. The Morgan fingerprint density at radius 3 is 2.61 bits per heavy atom. The van der Waals surface area contributed by atoms with Crippen molar-refractivity contribution < 1.29 is 9.84 Å². The van der Waals surface area contributed by atoms with Crippen molar-refractivity contribution in [2.45, 2.75) is 12.5 Å². The molecule has 1 unspecified atom stereocenters. The summed E-state index contributed by atoms with van der Waals surface area (Å²) in [7, 11) is 0. The van der Waals surface area contributed by atoms with Crippen LogP contribution in [0.2, 0.25) is 0 Å². The Morgan fingerprint density at radius 1 is 1.22 bits per heavy atom. The van der Waals surface area contributed by atoms with Gasteiger partial charge in [0.2, 0.25) is 0 Å². The minimum atomic E-state index is -0.230. The molecule has 0 amide bonds. The average molecular weight is 286 g/mol. The first-order chi connectivity index (χ1) is 8.29. The Morgan fingerprint density at radius 2 is 1.94 bits per heavy atom. The van der Waals surface area contributed by atoms with Crippen LogP contribution in [0.4, 0.5) is 0 Å². The molecule has 3 nitrogen and oxygen atoms in total. The van der Waals surface area contributed by atoms with Crippen LogP contribution in [-0.2, 0) is 6.42 Å². The van der Waals surface area contributed by atoms with Gasteiger partial charge in [-0.05, 0) is 23.6 Å². The molecule has 0 bridgehead atoms. The highest BCUT2D eigenvalue weighted by atomic mass is 35.5. The number of hydrogen-bond acceptors (Lipinski definition) is 4. The molecule has 98 valence electrons. The largest absolute Gasteiger partial charge is 0.456 e. The highest BCUT2D eigenvalue weighted by molar-refractivity contribution is 7.10. The molecule has 0 aliphatic rings. The molecule has 0 saturated heterocycles. The van der Waals surface area contributed by atoms with Gasteiger partial charge in [0.15, 0.2) is 0 Å². The molecule has 0 fully saturated rings. The minimum Gasteiger partial charge on any atom is -0.456 e. The van der Waals surface area contributed by atoms with Crippen molar-refractivity contribution in [1.82, 2.24) is 0 Å². The second-order valence-corrected chi connectivity index (χ2v) is 4.77. The number of hydrogen-bond donors (Lipinski definition) is 2. The van der Waals surface area contributed by atoms with Gasteiger partial charge in [-0.15, -0.1) is 23.7 Å². The maximum absolute atomic E-state index is 8.95. The van der Waals surface area contributed by atoms with Crippen molar-refractivity contribution in [2.24, 2.45) is 5.73 Å². The molecule has 1 aromatic carbocycles. The first-order valence-electron chi connectivity index (χ1n) is 5.45. The van der Waals surface area contributed by atoms with E-state index in [9.17, 15) is 0 Å². The lowest BCUT2D eigenvalue weighted by molar-refractivity contribution is 0.265. The van der Waals surface area contributed by atoms with E-state index in [-0.39, 0.29) is 25.1 Å². The van der Waals surface area contributed by atoms with Gasteiger partial charge in [0.25, 0.3) is 0 Å². The Labute approximate surface area is 117 Å². The Bertz CT molecular complexity index is 461. The van der Waals surface area contributed by atoms with Gasteiger partial charge >= 0.3 is 0 Å². The molecule has 3 N–H and O–H groups in total. The van der Waals surface area contributed by atoms with Crippen molar-refractivity contribution in [1.29, 1.82) is 0 Å². The maximum atomic E-state index is 8.95. The lowest BCUT2D eigenvalue weighted by atomic mass is 10.2. The summed E-state index contributed by atoms with van der Waals surface area (Å²) in [6.07, 6.45) is 0.635. The van der Waals surface area contributed by atoms with E-state index in [1.165, 1.54) is 0 Å². The summed E-state index contributed by atoms with van der Waals surface area (Å²) < 4.78 is 5.77. The lowest BCUT2D eigenvalue weighted by Gasteiger charge is -2.09. The van der Waals surface area contributed by atoms with Gasteiger partial charge in [-0.3, -0.25) is 0 Å². The summed E-state index contributed by atoms with van der Waals surface area (Å²) in [5.41, 5.74) is 5.73. The summed E-state index contributed by atoms with van der Waals surface area (Å²) >= 11 is 1.60. The molecule has 2 aromatic rings. The van der Waals surface area contributed by atoms with E-state index in [4.69, 9.17) is 15.6 Å². The van der Waals surface area contributed by atoms with Gasteiger partial charge in [0.05, 0.1) is 6.61 Å². The van der Waals surface area contributed by atoms with Crippen LogP contribution in [0.15, 0.2) is 41.8 Å². The Kier molecular flexibility index (Phi) is 6.15. The molecular weight excluding hydrogens is 270 g/mol. The minimum absolute atomic E-state index is 0. The number of aliphatic hydroxyl groups is 1. The molecule has 1 heterocycles. The second kappa shape index (κ2) is 7.38. The summed E-state index contributed by atoms with van der Waals surface area (Å²) in [6, 6.07) is 11.3. The maximum Gasteiger partial charge on any atom is 0.141 e. The van der Waals surface area contributed by atoms with Crippen molar-refractivity contribution in [3.8, 4) is 11.5 Å². The molecule has 1 atom stereocenters. The molecule has 5 heteroatoms. The van der Waals surface area contributed by atoms with E-state index in [1.807, 2.05) is 41.8 Å². The average Bonchev–Trinajstić information content (AvgIpc) is 2.78. The van der Waals surface area contributed by atoms with Crippen LogP contribution in [0.25, 0.3) is 0 Å². The van der Waals surface area contributed by atoms with E-state index in [0.717, 1.165) is 16.4 Å². The molecule has 0 saturated carbocycles. The molecular formula is C13H16ClNO2S. The molecule has 0 aliphatic carbocycles. The fourth-order valence-electron chi connectivity index (χ4n) is 1.49. The highest BCUT2D eigenvalue weighted by Crippen LogP contribution is 2.30. The monoisotopic (exact) mass is 285 g/mol. The summed E-state index contributed by atoms with van der Waals surface area (Å²) in [6.45, 7) is -0.0112. The predicted octanol–water partition coefficient (Wildman–Crippen LogP) is 2.82. The quantitative estimate of drug-likeness (QED) is 0.888. The van der Waals surface area contributed by atoms with Crippen molar-refractivity contribution in [3.05, 3.63) is 46.7 Å². The number of thiophene rings is 1. The van der Waals surface area contributed by atoms with Crippen molar-refractivity contribution in [3.63, 3.8) is 0 Å². The number of aliphatic hydroxyl groups excluding tert-OH is 1. The number of halogens is 1. The number of ether oxygens (including phenoxy) is 1. The third kappa shape index (κ3) is 3.99. The predicted molar refractivity (Wildman–Crippen MR) is 76.8 cm³/mol. The Balaban J connectivity index is 0.00000162. The third-order valence-corrected chi connectivity index (χ3v) is 3.28. The standard InChI is InChI=1S/C13H15NO2S.ClH/c14-10(9-15)8-13-12(6-7-17-13)16-11-4-2-1-3-5-11;/h1-7,10,15H,8-9,14H2;1H. The van der Waals surface area contributed by atoms with Crippen LogP contribution in [-0.4, -0.2) is 17.8 Å². The van der Waals surface area contributed by atoms with E-state index in [0.29, 0.717) is 6.42 Å². The van der Waals surface area contributed by atoms with Gasteiger partial charge in [0.1, 0.15) is 11.5 Å². The molecule has 0 spiro atoms. The Hall–Kier alpha value is -1.07. The van der Waals surface area contributed by atoms with Crippen LogP contribution in [0, 0.1) is 0 Å². The van der Waals surface area contributed by atoms with Crippen LogP contribution >= 0.6 is 23.7 Å². The zero-order valence-corrected chi connectivity index (χ0v) is 11.4. The number of benzene rings is 1. The summed E-state index contributed by atoms with van der Waals surface area (Å²) in [5, 5.41) is 10.9. The molecule has 0 aliphatic heterocycles. The van der Waals surface area contributed by atoms with E-state index in [2.05, 4.69) is 0 Å².